The quantitative estimate of drug-likeness (QED) is 0.775. The topological polar surface area (TPSA) is 21.7 Å². The molecule has 0 saturated carbocycles. The predicted molar refractivity (Wildman–Crippen MR) is 64.3 cm³/mol. The van der Waals surface area contributed by atoms with Crippen LogP contribution in [0.5, 0.6) is 11.5 Å². The van der Waals surface area contributed by atoms with Crippen LogP contribution < -0.4 is 9.47 Å². The second-order valence-corrected chi connectivity index (χ2v) is 4.38. The van der Waals surface area contributed by atoms with Crippen LogP contribution in [0.25, 0.3) is 0 Å². The van der Waals surface area contributed by atoms with Gasteiger partial charge in [-0.1, -0.05) is 6.07 Å². The molecule has 0 saturated heterocycles. The van der Waals surface area contributed by atoms with Crippen molar-refractivity contribution in [3.05, 3.63) is 23.8 Å². The number of fused-ring (bicyclic) bond motifs is 1. The molecule has 1 aliphatic rings. The summed E-state index contributed by atoms with van der Waals surface area (Å²) in [6, 6.07) is 6.24. The van der Waals surface area contributed by atoms with Crippen molar-refractivity contribution < 1.29 is 9.47 Å². The first-order valence-corrected chi connectivity index (χ1v) is 5.79. The molecule has 0 aliphatic carbocycles. The standard InChI is InChI=1S/C13H19NO2/c1-14(2)7-3-4-11-5-6-12-13(10-11)16-9-8-15-12/h5-6,10H,3-4,7-9H2,1-2H3. The molecule has 16 heavy (non-hydrogen) atoms. The Balaban J connectivity index is 1.95. The molecular formula is C13H19NO2. The number of hydrogen-bond acceptors (Lipinski definition) is 3. The summed E-state index contributed by atoms with van der Waals surface area (Å²) in [5.74, 6) is 1.77. The maximum Gasteiger partial charge on any atom is 0.161 e. The van der Waals surface area contributed by atoms with Gasteiger partial charge in [0.2, 0.25) is 0 Å². The Morgan fingerprint density at radius 3 is 2.62 bits per heavy atom. The Morgan fingerprint density at radius 2 is 1.88 bits per heavy atom. The summed E-state index contributed by atoms with van der Waals surface area (Å²) in [7, 11) is 4.20. The summed E-state index contributed by atoms with van der Waals surface area (Å²) < 4.78 is 11.0. The van der Waals surface area contributed by atoms with E-state index in [1.807, 2.05) is 6.07 Å². The van der Waals surface area contributed by atoms with Gasteiger partial charge in [0.15, 0.2) is 11.5 Å². The van der Waals surface area contributed by atoms with Crippen molar-refractivity contribution in [2.75, 3.05) is 33.9 Å². The van der Waals surface area contributed by atoms with Crippen LogP contribution >= 0.6 is 0 Å². The summed E-state index contributed by atoms with van der Waals surface area (Å²) in [6.45, 7) is 2.44. The van der Waals surface area contributed by atoms with Gasteiger partial charge in [-0.05, 0) is 51.2 Å². The third-order valence-electron chi connectivity index (χ3n) is 2.68. The fraction of sp³-hybridized carbons (Fsp3) is 0.538. The molecule has 1 aromatic carbocycles. The van der Waals surface area contributed by atoms with Gasteiger partial charge in [0.05, 0.1) is 0 Å². The smallest absolute Gasteiger partial charge is 0.161 e. The summed E-state index contributed by atoms with van der Waals surface area (Å²) in [4.78, 5) is 2.21. The number of aryl methyl sites for hydroxylation is 1. The number of rotatable bonds is 4. The Bertz CT molecular complexity index is 350. The molecule has 1 aromatic rings. The van der Waals surface area contributed by atoms with Crippen LogP contribution in [0.1, 0.15) is 12.0 Å². The highest BCUT2D eigenvalue weighted by Gasteiger charge is 2.11. The van der Waals surface area contributed by atoms with E-state index in [2.05, 4.69) is 31.1 Å². The van der Waals surface area contributed by atoms with Gasteiger partial charge in [0.25, 0.3) is 0 Å². The van der Waals surface area contributed by atoms with Gasteiger partial charge < -0.3 is 14.4 Å². The molecule has 0 atom stereocenters. The molecule has 0 fully saturated rings. The fourth-order valence-corrected chi connectivity index (χ4v) is 1.84. The minimum absolute atomic E-state index is 0.660. The Hall–Kier alpha value is -1.22. The lowest BCUT2D eigenvalue weighted by atomic mass is 10.1. The Kier molecular flexibility index (Phi) is 3.67. The van der Waals surface area contributed by atoms with E-state index < -0.39 is 0 Å². The zero-order chi connectivity index (χ0) is 11.4. The van der Waals surface area contributed by atoms with E-state index in [1.54, 1.807) is 0 Å². The molecule has 3 nitrogen and oxygen atoms in total. The molecule has 0 radical (unpaired) electrons. The van der Waals surface area contributed by atoms with Crippen LogP contribution in [0.3, 0.4) is 0 Å². The molecular weight excluding hydrogens is 202 g/mol. The summed E-state index contributed by atoms with van der Waals surface area (Å²) >= 11 is 0. The number of benzene rings is 1. The van der Waals surface area contributed by atoms with Gasteiger partial charge in [-0.25, -0.2) is 0 Å². The first kappa shape index (κ1) is 11.3. The van der Waals surface area contributed by atoms with Gasteiger partial charge in [0, 0.05) is 0 Å². The van der Waals surface area contributed by atoms with E-state index >= 15 is 0 Å². The van der Waals surface area contributed by atoms with E-state index in [0.717, 1.165) is 24.5 Å². The third-order valence-corrected chi connectivity index (χ3v) is 2.68. The molecule has 0 aromatic heterocycles. The molecule has 0 spiro atoms. The van der Waals surface area contributed by atoms with E-state index in [0.29, 0.717) is 13.2 Å². The minimum Gasteiger partial charge on any atom is -0.486 e. The summed E-state index contributed by atoms with van der Waals surface area (Å²) in [5, 5.41) is 0. The molecule has 0 bridgehead atoms. The maximum absolute atomic E-state index is 5.56. The van der Waals surface area contributed by atoms with E-state index in [1.165, 1.54) is 12.0 Å². The van der Waals surface area contributed by atoms with Crippen molar-refractivity contribution in [3.8, 4) is 11.5 Å². The molecule has 88 valence electrons. The van der Waals surface area contributed by atoms with Gasteiger partial charge in [0.1, 0.15) is 13.2 Å². The molecule has 1 heterocycles. The molecule has 0 N–H and O–H groups in total. The molecule has 0 unspecified atom stereocenters. The van der Waals surface area contributed by atoms with Crippen LogP contribution in [0.15, 0.2) is 18.2 Å². The molecule has 0 amide bonds. The lowest BCUT2D eigenvalue weighted by molar-refractivity contribution is 0.171. The van der Waals surface area contributed by atoms with Gasteiger partial charge in [-0.2, -0.15) is 0 Å². The molecule has 3 heteroatoms. The summed E-state index contributed by atoms with van der Waals surface area (Å²) in [6.07, 6.45) is 2.27. The second-order valence-electron chi connectivity index (χ2n) is 4.38. The van der Waals surface area contributed by atoms with Gasteiger partial charge >= 0.3 is 0 Å². The first-order valence-electron chi connectivity index (χ1n) is 5.79. The Labute approximate surface area is 97.0 Å². The number of hydrogen-bond donors (Lipinski definition) is 0. The monoisotopic (exact) mass is 221 g/mol. The van der Waals surface area contributed by atoms with E-state index in [4.69, 9.17) is 9.47 Å². The zero-order valence-electron chi connectivity index (χ0n) is 10.0. The normalized spacial score (nSPS) is 14.2. The maximum atomic E-state index is 5.56. The van der Waals surface area contributed by atoms with Crippen molar-refractivity contribution in [2.45, 2.75) is 12.8 Å². The lowest BCUT2D eigenvalue weighted by Gasteiger charge is -2.19. The van der Waals surface area contributed by atoms with Gasteiger partial charge in [-0.3, -0.25) is 0 Å². The minimum atomic E-state index is 0.660. The van der Waals surface area contributed by atoms with Crippen molar-refractivity contribution in [3.63, 3.8) is 0 Å². The average Bonchev–Trinajstić information content (AvgIpc) is 2.28. The van der Waals surface area contributed by atoms with Crippen molar-refractivity contribution >= 4 is 0 Å². The SMILES string of the molecule is CN(C)CCCc1ccc2c(c1)OCCO2. The fourth-order valence-electron chi connectivity index (χ4n) is 1.84. The highest BCUT2D eigenvalue weighted by Crippen LogP contribution is 2.30. The average molecular weight is 221 g/mol. The van der Waals surface area contributed by atoms with E-state index in [9.17, 15) is 0 Å². The van der Waals surface area contributed by atoms with E-state index in [-0.39, 0.29) is 0 Å². The number of ether oxygens (including phenoxy) is 2. The number of nitrogens with zero attached hydrogens (tertiary/aromatic N) is 1. The van der Waals surface area contributed by atoms with Crippen molar-refractivity contribution in [1.29, 1.82) is 0 Å². The zero-order valence-corrected chi connectivity index (χ0v) is 10.0. The first-order chi connectivity index (χ1) is 7.75. The molecule has 1 aliphatic heterocycles. The van der Waals surface area contributed by atoms with Crippen molar-refractivity contribution in [2.24, 2.45) is 0 Å². The summed E-state index contributed by atoms with van der Waals surface area (Å²) in [5.41, 5.74) is 1.33. The van der Waals surface area contributed by atoms with Crippen LogP contribution in [0.4, 0.5) is 0 Å². The Morgan fingerprint density at radius 1 is 1.12 bits per heavy atom. The molecule has 2 rings (SSSR count). The predicted octanol–water partition coefficient (Wildman–Crippen LogP) is 1.95. The third kappa shape index (κ3) is 2.89. The highest BCUT2D eigenvalue weighted by atomic mass is 16.6. The largest absolute Gasteiger partial charge is 0.486 e. The van der Waals surface area contributed by atoms with Crippen molar-refractivity contribution in [1.82, 2.24) is 4.90 Å². The lowest BCUT2D eigenvalue weighted by Crippen LogP contribution is -2.16. The van der Waals surface area contributed by atoms with Crippen LogP contribution in [0, 0.1) is 0 Å². The van der Waals surface area contributed by atoms with Crippen LogP contribution in [-0.4, -0.2) is 38.8 Å². The highest BCUT2D eigenvalue weighted by molar-refractivity contribution is 5.43. The van der Waals surface area contributed by atoms with Crippen LogP contribution in [-0.2, 0) is 6.42 Å². The van der Waals surface area contributed by atoms with Crippen LogP contribution in [0.2, 0.25) is 0 Å². The second kappa shape index (κ2) is 5.21. The van der Waals surface area contributed by atoms with Gasteiger partial charge in [-0.15, -0.1) is 0 Å².